The number of nitrogens with two attached hydrogens (primary N) is 1. The molecule has 0 spiro atoms. The maximum atomic E-state index is 6.07. The molecule has 4 bridgehead atoms. The van der Waals surface area contributed by atoms with E-state index in [0.717, 1.165) is 35.7 Å². The molecule has 26 heavy (non-hydrogen) atoms. The smallest absolute Gasteiger partial charge is 0.320 e. The zero-order valence-corrected chi connectivity index (χ0v) is 14.9. The number of benzene rings is 1. The van der Waals surface area contributed by atoms with Gasteiger partial charge >= 0.3 is 6.01 Å². The van der Waals surface area contributed by atoms with Gasteiger partial charge < -0.3 is 24.5 Å². The number of nitrogen functional groups attached to an aromatic ring is 1. The molecular weight excluding hydrogens is 334 g/mol. The number of methoxy groups -OCH3 is 1. The SMILES string of the molecule is COc1cc2cc(c1)OCCCCOc1nc(N)c3nc(C)n(c3n1)C2. The molecule has 0 amide bonds. The molecule has 1 aliphatic heterocycles. The highest BCUT2D eigenvalue weighted by Crippen LogP contribution is 2.27. The fraction of sp³-hybridized carbons (Fsp3) is 0.389. The molecule has 3 heterocycles. The van der Waals surface area contributed by atoms with Crippen LogP contribution in [-0.4, -0.2) is 39.8 Å². The van der Waals surface area contributed by atoms with Crippen LogP contribution in [0.15, 0.2) is 18.2 Å². The Bertz CT molecular complexity index is 954. The van der Waals surface area contributed by atoms with Crippen LogP contribution in [0.3, 0.4) is 0 Å². The van der Waals surface area contributed by atoms with E-state index in [1.54, 1.807) is 7.11 Å². The number of ether oxygens (including phenoxy) is 3. The van der Waals surface area contributed by atoms with Crippen molar-refractivity contribution in [2.75, 3.05) is 26.1 Å². The number of aryl methyl sites for hydroxylation is 1. The van der Waals surface area contributed by atoms with Crippen LogP contribution in [0.4, 0.5) is 5.82 Å². The van der Waals surface area contributed by atoms with Crippen LogP contribution >= 0.6 is 0 Å². The molecule has 136 valence electrons. The van der Waals surface area contributed by atoms with Crippen LogP contribution in [-0.2, 0) is 6.54 Å². The Morgan fingerprint density at radius 1 is 1.08 bits per heavy atom. The lowest BCUT2D eigenvalue weighted by atomic mass is 10.2. The quantitative estimate of drug-likeness (QED) is 0.715. The molecule has 0 aliphatic carbocycles. The average Bonchev–Trinajstić information content (AvgIpc) is 2.94. The van der Waals surface area contributed by atoms with Crippen LogP contribution in [0.25, 0.3) is 11.2 Å². The Kier molecular flexibility index (Phi) is 4.24. The van der Waals surface area contributed by atoms with E-state index in [9.17, 15) is 0 Å². The lowest BCUT2D eigenvalue weighted by Crippen LogP contribution is -2.09. The van der Waals surface area contributed by atoms with Gasteiger partial charge in [0.1, 0.15) is 17.3 Å². The summed E-state index contributed by atoms with van der Waals surface area (Å²) in [5, 5.41) is 0. The standard InChI is InChI=1S/C18H21N5O3/c1-11-20-15-16(19)21-18-22-17(15)23(11)10-12-7-13(24-2)9-14(8-12)25-5-3-4-6-26-18/h7-9H,3-6,10H2,1-2H3,(H2,19,21,22). The fourth-order valence-electron chi connectivity index (χ4n) is 3.03. The summed E-state index contributed by atoms with van der Waals surface area (Å²) in [6.07, 6.45) is 1.69. The van der Waals surface area contributed by atoms with Crippen molar-refractivity contribution in [3.05, 3.63) is 29.6 Å². The minimum atomic E-state index is 0.278. The number of rotatable bonds is 1. The molecule has 0 saturated carbocycles. The van der Waals surface area contributed by atoms with Crippen LogP contribution in [0.5, 0.6) is 17.5 Å². The van der Waals surface area contributed by atoms with E-state index in [1.165, 1.54) is 0 Å². The third-order valence-electron chi connectivity index (χ3n) is 4.35. The van der Waals surface area contributed by atoms with E-state index >= 15 is 0 Å². The summed E-state index contributed by atoms with van der Waals surface area (Å²) in [6.45, 7) is 3.59. The maximum Gasteiger partial charge on any atom is 0.320 e. The highest BCUT2D eigenvalue weighted by atomic mass is 16.5. The van der Waals surface area contributed by atoms with E-state index in [1.807, 2.05) is 29.7 Å². The highest BCUT2D eigenvalue weighted by Gasteiger charge is 2.16. The predicted octanol–water partition coefficient (Wildman–Crippen LogP) is 2.33. The van der Waals surface area contributed by atoms with Crippen molar-refractivity contribution >= 4 is 17.0 Å². The molecular formula is C18H21N5O3. The van der Waals surface area contributed by atoms with E-state index in [0.29, 0.717) is 36.7 Å². The normalized spacial score (nSPS) is 14.5. The minimum Gasteiger partial charge on any atom is -0.497 e. The molecule has 1 aliphatic rings. The van der Waals surface area contributed by atoms with Gasteiger partial charge in [0.05, 0.1) is 26.9 Å². The molecule has 0 saturated heterocycles. The van der Waals surface area contributed by atoms with Gasteiger partial charge in [-0.1, -0.05) is 0 Å². The first-order chi connectivity index (χ1) is 12.6. The largest absolute Gasteiger partial charge is 0.497 e. The Morgan fingerprint density at radius 3 is 2.69 bits per heavy atom. The summed E-state index contributed by atoms with van der Waals surface area (Å²) in [7, 11) is 1.65. The van der Waals surface area contributed by atoms with Gasteiger partial charge in [0, 0.05) is 6.07 Å². The first-order valence-electron chi connectivity index (χ1n) is 8.58. The molecule has 2 N–H and O–H groups in total. The molecule has 0 atom stereocenters. The number of hydrogen-bond donors (Lipinski definition) is 1. The summed E-state index contributed by atoms with van der Waals surface area (Å²) >= 11 is 0. The Hall–Kier alpha value is -3.03. The van der Waals surface area contributed by atoms with Gasteiger partial charge in [0.2, 0.25) is 0 Å². The molecule has 8 heteroatoms. The second-order valence-corrected chi connectivity index (χ2v) is 6.23. The van der Waals surface area contributed by atoms with Crippen LogP contribution in [0, 0.1) is 6.92 Å². The molecule has 0 unspecified atom stereocenters. The molecule has 2 aromatic heterocycles. The van der Waals surface area contributed by atoms with Gasteiger partial charge in [-0.15, -0.1) is 0 Å². The first-order valence-corrected chi connectivity index (χ1v) is 8.58. The third kappa shape index (κ3) is 3.10. The van der Waals surface area contributed by atoms with Gasteiger partial charge in [-0.2, -0.15) is 9.97 Å². The van der Waals surface area contributed by atoms with E-state index in [-0.39, 0.29) is 6.01 Å². The van der Waals surface area contributed by atoms with Gasteiger partial charge in [0.15, 0.2) is 17.0 Å². The van der Waals surface area contributed by atoms with Crippen LogP contribution < -0.4 is 19.9 Å². The molecule has 4 rings (SSSR count). The number of fused-ring (bicyclic) bond motifs is 3. The van der Waals surface area contributed by atoms with Crippen molar-refractivity contribution in [2.45, 2.75) is 26.3 Å². The number of hydrogen-bond acceptors (Lipinski definition) is 7. The van der Waals surface area contributed by atoms with E-state index in [2.05, 4.69) is 15.0 Å². The number of nitrogens with zero attached hydrogens (tertiary/aromatic N) is 4. The summed E-state index contributed by atoms with van der Waals surface area (Å²) < 4.78 is 19.0. The second-order valence-electron chi connectivity index (χ2n) is 6.23. The van der Waals surface area contributed by atoms with Crippen molar-refractivity contribution in [2.24, 2.45) is 0 Å². The molecule has 3 aromatic rings. The summed E-state index contributed by atoms with van der Waals surface area (Å²) in [5.74, 6) is 2.67. The van der Waals surface area contributed by atoms with Crippen molar-refractivity contribution < 1.29 is 14.2 Å². The molecule has 0 radical (unpaired) electrons. The van der Waals surface area contributed by atoms with Gasteiger partial charge in [-0.3, -0.25) is 0 Å². The monoisotopic (exact) mass is 355 g/mol. The van der Waals surface area contributed by atoms with Crippen molar-refractivity contribution in [3.63, 3.8) is 0 Å². The zero-order valence-electron chi connectivity index (χ0n) is 14.9. The Morgan fingerprint density at radius 2 is 1.88 bits per heavy atom. The average molecular weight is 355 g/mol. The number of anilines is 1. The lowest BCUT2D eigenvalue weighted by Gasteiger charge is -2.13. The van der Waals surface area contributed by atoms with E-state index in [4.69, 9.17) is 19.9 Å². The van der Waals surface area contributed by atoms with E-state index < -0.39 is 0 Å². The number of imidazole rings is 1. The minimum absolute atomic E-state index is 0.278. The van der Waals surface area contributed by atoms with Gasteiger partial charge in [-0.05, 0) is 37.5 Å². The topological polar surface area (TPSA) is 97.3 Å². The summed E-state index contributed by atoms with van der Waals surface area (Å²) in [6, 6.07) is 6.16. The first kappa shape index (κ1) is 16.4. The van der Waals surface area contributed by atoms with Gasteiger partial charge in [0.25, 0.3) is 0 Å². The van der Waals surface area contributed by atoms with Crippen LogP contribution in [0.1, 0.15) is 24.2 Å². The van der Waals surface area contributed by atoms with Crippen molar-refractivity contribution in [1.82, 2.24) is 19.5 Å². The Balaban J connectivity index is 1.85. The predicted molar refractivity (Wildman–Crippen MR) is 96.8 cm³/mol. The molecule has 8 nitrogen and oxygen atoms in total. The Labute approximate surface area is 150 Å². The molecule has 0 fully saturated rings. The summed E-state index contributed by atoms with van der Waals surface area (Å²) in [4.78, 5) is 13.3. The van der Waals surface area contributed by atoms with Crippen LogP contribution in [0.2, 0.25) is 0 Å². The third-order valence-corrected chi connectivity index (χ3v) is 4.35. The maximum absolute atomic E-state index is 6.07. The highest BCUT2D eigenvalue weighted by molar-refractivity contribution is 5.82. The summed E-state index contributed by atoms with van der Waals surface area (Å²) in [5.41, 5.74) is 8.34. The van der Waals surface area contributed by atoms with Crippen molar-refractivity contribution in [1.29, 1.82) is 0 Å². The zero-order chi connectivity index (χ0) is 18.1. The fourth-order valence-corrected chi connectivity index (χ4v) is 3.03. The lowest BCUT2D eigenvalue weighted by molar-refractivity contribution is 0.254. The second kappa shape index (κ2) is 6.70. The van der Waals surface area contributed by atoms with Gasteiger partial charge in [-0.25, -0.2) is 4.98 Å². The molecule has 1 aromatic carbocycles. The number of aromatic nitrogens is 4. The van der Waals surface area contributed by atoms with Crippen molar-refractivity contribution in [3.8, 4) is 17.5 Å².